The van der Waals surface area contributed by atoms with Crippen LogP contribution in [0.25, 0.3) is 0 Å². The number of ether oxygens (including phenoxy) is 1. The highest BCUT2D eigenvalue weighted by Gasteiger charge is 2.23. The number of aromatic hydroxyl groups is 1. The minimum Gasteiger partial charge on any atom is -0.508 e. The molecule has 2 rings (SSSR count). The molecule has 0 saturated heterocycles. The van der Waals surface area contributed by atoms with Crippen LogP contribution >= 0.6 is 0 Å². The fourth-order valence-corrected chi connectivity index (χ4v) is 2.98. The van der Waals surface area contributed by atoms with E-state index in [4.69, 9.17) is 0 Å². The number of phenolic OH excluding ortho intramolecular Hbond substituents is 1. The average Bonchev–Trinajstić information content (AvgIpc) is 2.55. The summed E-state index contributed by atoms with van der Waals surface area (Å²) < 4.78 is 4.62. The molecule has 0 spiro atoms. The van der Waals surface area contributed by atoms with E-state index in [1.165, 1.54) is 13.2 Å². The maximum absolute atomic E-state index is 12.9. The molecule has 0 saturated carbocycles. The van der Waals surface area contributed by atoms with Gasteiger partial charge in [-0.05, 0) is 44.0 Å². The van der Waals surface area contributed by atoms with Gasteiger partial charge in [-0.3, -0.25) is 14.5 Å². The second-order valence-corrected chi connectivity index (χ2v) is 6.07. The number of amides is 1. The summed E-state index contributed by atoms with van der Waals surface area (Å²) in [6, 6.07) is 10.5. The zero-order chi connectivity index (χ0) is 18.6. The SMILES string of the molecule is COC(=O)CCC(=O)N(c1cccc(O)c1)c1c(C)cc(C)cc1C. The molecule has 0 fully saturated rings. The lowest BCUT2D eigenvalue weighted by Crippen LogP contribution is -2.28. The van der Waals surface area contributed by atoms with Crippen LogP contribution in [0.5, 0.6) is 5.75 Å². The van der Waals surface area contributed by atoms with E-state index in [2.05, 4.69) is 4.74 Å². The smallest absolute Gasteiger partial charge is 0.306 e. The van der Waals surface area contributed by atoms with Gasteiger partial charge in [-0.15, -0.1) is 0 Å². The Labute approximate surface area is 147 Å². The molecular weight excluding hydrogens is 318 g/mol. The van der Waals surface area contributed by atoms with Crippen molar-refractivity contribution in [2.45, 2.75) is 33.6 Å². The molecule has 0 aromatic heterocycles. The first-order valence-corrected chi connectivity index (χ1v) is 8.10. The summed E-state index contributed by atoms with van der Waals surface area (Å²) >= 11 is 0. The van der Waals surface area contributed by atoms with Crippen molar-refractivity contribution in [2.24, 2.45) is 0 Å². The monoisotopic (exact) mass is 341 g/mol. The summed E-state index contributed by atoms with van der Waals surface area (Å²) in [5, 5.41) is 9.82. The molecule has 0 aliphatic carbocycles. The summed E-state index contributed by atoms with van der Waals surface area (Å²) in [4.78, 5) is 25.9. The second kappa shape index (κ2) is 7.83. The van der Waals surface area contributed by atoms with Crippen LogP contribution in [0.4, 0.5) is 11.4 Å². The third-order valence-electron chi connectivity index (χ3n) is 3.97. The van der Waals surface area contributed by atoms with Crippen LogP contribution in [0.3, 0.4) is 0 Å². The molecule has 0 heterocycles. The zero-order valence-electron chi connectivity index (χ0n) is 15.0. The lowest BCUT2D eigenvalue weighted by Gasteiger charge is -2.27. The molecule has 2 aromatic rings. The molecule has 5 heteroatoms. The molecule has 0 aliphatic heterocycles. The average molecular weight is 341 g/mol. The van der Waals surface area contributed by atoms with Crippen LogP contribution in [0.1, 0.15) is 29.5 Å². The van der Waals surface area contributed by atoms with E-state index >= 15 is 0 Å². The van der Waals surface area contributed by atoms with Crippen LogP contribution in [-0.2, 0) is 14.3 Å². The number of anilines is 2. The van der Waals surface area contributed by atoms with Crippen LogP contribution < -0.4 is 4.90 Å². The lowest BCUT2D eigenvalue weighted by atomic mass is 10.0. The lowest BCUT2D eigenvalue weighted by molar-refractivity contribution is -0.141. The second-order valence-electron chi connectivity index (χ2n) is 6.07. The molecule has 2 aromatic carbocycles. The van der Waals surface area contributed by atoms with E-state index in [9.17, 15) is 14.7 Å². The number of phenols is 1. The molecular formula is C20H23NO4. The van der Waals surface area contributed by atoms with Gasteiger partial charge in [0.2, 0.25) is 5.91 Å². The molecule has 0 atom stereocenters. The highest BCUT2D eigenvalue weighted by molar-refractivity contribution is 6.03. The van der Waals surface area contributed by atoms with Gasteiger partial charge in [0, 0.05) is 12.5 Å². The van der Waals surface area contributed by atoms with E-state index in [0.29, 0.717) is 5.69 Å². The maximum Gasteiger partial charge on any atom is 0.306 e. The van der Waals surface area contributed by atoms with Crippen LogP contribution in [-0.4, -0.2) is 24.1 Å². The number of carbonyl (C=O) groups is 2. The van der Waals surface area contributed by atoms with Gasteiger partial charge in [-0.25, -0.2) is 0 Å². The predicted octanol–water partition coefficient (Wildman–Crippen LogP) is 3.94. The molecule has 1 N–H and O–H groups in total. The third-order valence-corrected chi connectivity index (χ3v) is 3.97. The maximum atomic E-state index is 12.9. The van der Waals surface area contributed by atoms with Gasteiger partial charge in [0.1, 0.15) is 5.75 Å². The molecule has 25 heavy (non-hydrogen) atoms. The fourth-order valence-electron chi connectivity index (χ4n) is 2.98. The van der Waals surface area contributed by atoms with Crippen molar-refractivity contribution in [1.82, 2.24) is 0 Å². The standard InChI is InChI=1S/C20H23NO4/c1-13-10-14(2)20(15(3)11-13)21(16-6-5-7-17(22)12-16)18(23)8-9-19(24)25-4/h5-7,10-12,22H,8-9H2,1-4H3. The molecule has 1 amide bonds. The Hall–Kier alpha value is -2.82. The Morgan fingerprint density at radius 1 is 1.04 bits per heavy atom. The Morgan fingerprint density at radius 2 is 1.68 bits per heavy atom. The summed E-state index contributed by atoms with van der Waals surface area (Å²) in [6.07, 6.45) is 0.0314. The topological polar surface area (TPSA) is 66.8 Å². The number of hydrogen-bond donors (Lipinski definition) is 1. The van der Waals surface area contributed by atoms with E-state index in [0.717, 1.165) is 22.4 Å². The zero-order valence-corrected chi connectivity index (χ0v) is 15.0. The van der Waals surface area contributed by atoms with Gasteiger partial charge < -0.3 is 9.84 Å². The van der Waals surface area contributed by atoms with Gasteiger partial charge in [-0.1, -0.05) is 23.8 Å². The van der Waals surface area contributed by atoms with Crippen LogP contribution in [0.2, 0.25) is 0 Å². The number of hydrogen-bond acceptors (Lipinski definition) is 4. The van der Waals surface area contributed by atoms with E-state index < -0.39 is 5.97 Å². The van der Waals surface area contributed by atoms with Crippen molar-refractivity contribution in [3.8, 4) is 5.75 Å². The fraction of sp³-hybridized carbons (Fsp3) is 0.300. The summed E-state index contributed by atoms with van der Waals surface area (Å²) in [6.45, 7) is 5.89. The molecule has 0 aliphatic rings. The molecule has 0 unspecified atom stereocenters. The number of rotatable bonds is 5. The Kier molecular flexibility index (Phi) is 5.80. The minimum atomic E-state index is -0.429. The van der Waals surface area contributed by atoms with Crippen molar-refractivity contribution >= 4 is 23.3 Å². The summed E-state index contributed by atoms with van der Waals surface area (Å²) in [7, 11) is 1.30. The normalized spacial score (nSPS) is 10.4. The van der Waals surface area contributed by atoms with E-state index in [-0.39, 0.29) is 24.5 Å². The molecule has 0 bridgehead atoms. The Bertz CT molecular complexity index is 775. The molecule has 0 radical (unpaired) electrons. The number of carbonyl (C=O) groups excluding carboxylic acids is 2. The highest BCUT2D eigenvalue weighted by Crippen LogP contribution is 2.34. The Balaban J connectivity index is 2.50. The first-order valence-electron chi connectivity index (χ1n) is 8.10. The van der Waals surface area contributed by atoms with Crippen molar-refractivity contribution in [1.29, 1.82) is 0 Å². The van der Waals surface area contributed by atoms with Crippen molar-refractivity contribution in [3.05, 3.63) is 53.1 Å². The summed E-state index contributed by atoms with van der Waals surface area (Å²) in [5.74, 6) is -0.585. The van der Waals surface area contributed by atoms with Gasteiger partial charge >= 0.3 is 5.97 Å². The van der Waals surface area contributed by atoms with Gasteiger partial charge in [0.15, 0.2) is 0 Å². The quantitative estimate of drug-likeness (QED) is 0.837. The van der Waals surface area contributed by atoms with Gasteiger partial charge in [-0.2, -0.15) is 0 Å². The number of methoxy groups -OCH3 is 1. The number of nitrogens with zero attached hydrogens (tertiary/aromatic N) is 1. The first kappa shape index (κ1) is 18.5. The highest BCUT2D eigenvalue weighted by atomic mass is 16.5. The van der Waals surface area contributed by atoms with E-state index in [1.54, 1.807) is 23.1 Å². The Morgan fingerprint density at radius 3 is 2.24 bits per heavy atom. The first-order chi connectivity index (χ1) is 11.8. The number of benzene rings is 2. The van der Waals surface area contributed by atoms with Gasteiger partial charge in [0.25, 0.3) is 0 Å². The minimum absolute atomic E-state index is 0.00854. The van der Waals surface area contributed by atoms with Crippen LogP contribution in [0, 0.1) is 20.8 Å². The largest absolute Gasteiger partial charge is 0.508 e. The van der Waals surface area contributed by atoms with Crippen molar-refractivity contribution < 1.29 is 19.4 Å². The molecule has 132 valence electrons. The third kappa shape index (κ3) is 4.38. The predicted molar refractivity (Wildman–Crippen MR) is 97.2 cm³/mol. The number of esters is 1. The van der Waals surface area contributed by atoms with Crippen LogP contribution in [0.15, 0.2) is 36.4 Å². The van der Waals surface area contributed by atoms with Crippen molar-refractivity contribution in [2.75, 3.05) is 12.0 Å². The number of aryl methyl sites for hydroxylation is 3. The summed E-state index contributed by atoms with van der Waals surface area (Å²) in [5.41, 5.74) is 4.34. The molecule has 5 nitrogen and oxygen atoms in total. The van der Waals surface area contributed by atoms with Gasteiger partial charge in [0.05, 0.1) is 24.9 Å². The van der Waals surface area contributed by atoms with Crippen molar-refractivity contribution in [3.63, 3.8) is 0 Å². The van der Waals surface area contributed by atoms with E-state index in [1.807, 2.05) is 32.9 Å².